The van der Waals surface area contributed by atoms with Crippen LogP contribution in [0.2, 0.25) is 0 Å². The first-order valence-corrected chi connectivity index (χ1v) is 7.67. The highest BCUT2D eigenvalue weighted by Crippen LogP contribution is 2.45. The molecule has 1 aliphatic heterocycles. The molecule has 1 saturated carbocycles. The molecule has 2 heterocycles. The van der Waals surface area contributed by atoms with Crippen LogP contribution in [0.5, 0.6) is 0 Å². The molecule has 0 bridgehead atoms. The van der Waals surface area contributed by atoms with Crippen LogP contribution in [0, 0.1) is 5.41 Å². The predicted molar refractivity (Wildman–Crippen MR) is 81.5 cm³/mol. The van der Waals surface area contributed by atoms with Gasteiger partial charge in [-0.15, -0.1) is 0 Å². The smallest absolute Gasteiger partial charge is 0.193 e. The number of guanidine groups is 1. The molecule has 0 unspecified atom stereocenters. The van der Waals surface area contributed by atoms with E-state index in [9.17, 15) is 0 Å². The van der Waals surface area contributed by atoms with Crippen molar-refractivity contribution in [1.29, 1.82) is 0 Å². The van der Waals surface area contributed by atoms with Crippen LogP contribution >= 0.6 is 0 Å². The molecule has 2 fully saturated rings. The summed E-state index contributed by atoms with van der Waals surface area (Å²) in [6.45, 7) is 3.06. The van der Waals surface area contributed by atoms with Gasteiger partial charge in [0.1, 0.15) is 0 Å². The summed E-state index contributed by atoms with van der Waals surface area (Å²) in [6, 6.07) is 6.02. The lowest BCUT2D eigenvalue weighted by Gasteiger charge is -2.25. The summed E-state index contributed by atoms with van der Waals surface area (Å²) in [5, 5.41) is 3.45. The largest absolute Gasteiger partial charge is 0.351 e. The number of hydrogen-bond acceptors (Lipinski definition) is 2. The Kier molecular flexibility index (Phi) is 3.90. The van der Waals surface area contributed by atoms with Crippen molar-refractivity contribution < 1.29 is 0 Å². The first kappa shape index (κ1) is 13.4. The van der Waals surface area contributed by atoms with Crippen molar-refractivity contribution in [3.63, 3.8) is 0 Å². The van der Waals surface area contributed by atoms with Gasteiger partial charge in [-0.2, -0.15) is 0 Å². The van der Waals surface area contributed by atoms with Crippen molar-refractivity contribution >= 4 is 5.96 Å². The van der Waals surface area contributed by atoms with E-state index in [1.54, 1.807) is 0 Å². The van der Waals surface area contributed by atoms with Crippen molar-refractivity contribution in [2.24, 2.45) is 10.4 Å². The lowest BCUT2D eigenvalue weighted by molar-refractivity contribution is 0.309. The van der Waals surface area contributed by atoms with Crippen molar-refractivity contribution in [1.82, 2.24) is 15.2 Å². The van der Waals surface area contributed by atoms with Gasteiger partial charge in [0.2, 0.25) is 0 Å². The first-order valence-electron chi connectivity index (χ1n) is 7.67. The molecule has 0 aromatic carbocycles. The van der Waals surface area contributed by atoms with Gasteiger partial charge in [0, 0.05) is 26.3 Å². The van der Waals surface area contributed by atoms with E-state index in [1.807, 2.05) is 31.4 Å². The van der Waals surface area contributed by atoms with Gasteiger partial charge in [-0.3, -0.25) is 9.98 Å². The third-order valence-corrected chi connectivity index (χ3v) is 4.77. The van der Waals surface area contributed by atoms with E-state index in [2.05, 4.69) is 20.2 Å². The Balaban J connectivity index is 1.58. The molecule has 4 heteroatoms. The number of pyridine rings is 1. The second kappa shape index (κ2) is 5.81. The molecule has 1 aliphatic carbocycles. The molecular weight excluding hydrogens is 248 g/mol. The van der Waals surface area contributed by atoms with Gasteiger partial charge in [0.25, 0.3) is 0 Å². The van der Waals surface area contributed by atoms with E-state index in [0.29, 0.717) is 5.41 Å². The van der Waals surface area contributed by atoms with Crippen LogP contribution in [0.15, 0.2) is 29.4 Å². The van der Waals surface area contributed by atoms with Crippen molar-refractivity contribution in [2.45, 2.75) is 38.6 Å². The zero-order chi connectivity index (χ0) is 13.8. The average Bonchev–Trinajstić information content (AvgIpc) is 3.12. The number of nitrogens with one attached hydrogen (secondary N) is 1. The molecule has 108 valence electrons. The van der Waals surface area contributed by atoms with Gasteiger partial charge >= 0.3 is 0 Å². The number of aromatic nitrogens is 1. The first-order chi connectivity index (χ1) is 9.81. The molecule has 0 amide bonds. The maximum atomic E-state index is 4.44. The zero-order valence-electron chi connectivity index (χ0n) is 12.3. The van der Waals surface area contributed by atoms with Crippen LogP contribution in [0.1, 0.15) is 37.8 Å². The number of likely N-dealkylation sites (tertiary alicyclic amines) is 1. The molecule has 20 heavy (non-hydrogen) atoms. The summed E-state index contributed by atoms with van der Waals surface area (Å²) in [5.41, 5.74) is 1.64. The maximum absolute atomic E-state index is 4.44. The molecule has 0 radical (unpaired) electrons. The van der Waals surface area contributed by atoms with Gasteiger partial charge in [-0.1, -0.05) is 18.9 Å². The highest BCUT2D eigenvalue weighted by Gasteiger charge is 2.40. The fraction of sp³-hybridized carbons (Fsp3) is 0.625. The fourth-order valence-corrected chi connectivity index (χ4v) is 3.65. The Bertz CT molecular complexity index is 463. The molecule has 1 aromatic rings. The Labute approximate surface area is 121 Å². The van der Waals surface area contributed by atoms with Gasteiger partial charge in [-0.25, -0.2) is 0 Å². The lowest BCUT2D eigenvalue weighted by Crippen LogP contribution is -2.40. The van der Waals surface area contributed by atoms with Gasteiger partial charge in [-0.05, 0) is 36.8 Å². The third kappa shape index (κ3) is 2.79. The average molecular weight is 272 g/mol. The van der Waals surface area contributed by atoms with E-state index < -0.39 is 0 Å². The zero-order valence-corrected chi connectivity index (χ0v) is 12.3. The minimum atomic E-state index is 0.586. The van der Waals surface area contributed by atoms with Crippen LogP contribution in [0.4, 0.5) is 0 Å². The molecule has 1 spiro atoms. The van der Waals surface area contributed by atoms with E-state index in [0.717, 1.165) is 24.7 Å². The van der Waals surface area contributed by atoms with Crippen molar-refractivity contribution in [3.8, 4) is 0 Å². The summed E-state index contributed by atoms with van der Waals surface area (Å²) >= 11 is 0. The van der Waals surface area contributed by atoms with Crippen LogP contribution in [0.3, 0.4) is 0 Å². The normalized spacial score (nSPS) is 21.6. The van der Waals surface area contributed by atoms with E-state index >= 15 is 0 Å². The molecule has 1 N–H and O–H groups in total. The van der Waals surface area contributed by atoms with E-state index in [4.69, 9.17) is 0 Å². The predicted octanol–water partition coefficient (Wildman–Crippen LogP) is 2.42. The summed E-state index contributed by atoms with van der Waals surface area (Å²) in [5.74, 6) is 1.03. The Hall–Kier alpha value is -1.58. The molecule has 3 rings (SSSR count). The minimum Gasteiger partial charge on any atom is -0.351 e. The van der Waals surface area contributed by atoms with Gasteiger partial charge < -0.3 is 10.2 Å². The molecule has 0 atom stereocenters. The highest BCUT2D eigenvalue weighted by atomic mass is 15.3. The summed E-state index contributed by atoms with van der Waals surface area (Å²) < 4.78 is 0. The maximum Gasteiger partial charge on any atom is 0.193 e. The number of rotatable bonds is 2. The lowest BCUT2D eigenvalue weighted by atomic mass is 9.86. The molecule has 4 nitrogen and oxygen atoms in total. The quantitative estimate of drug-likeness (QED) is 0.664. The molecular formula is C16H24N4. The number of aliphatic imine (C=N–C) groups is 1. The Morgan fingerprint density at radius 2 is 2.20 bits per heavy atom. The van der Waals surface area contributed by atoms with Crippen LogP contribution in [-0.4, -0.2) is 36.0 Å². The molecule has 1 aromatic heterocycles. The van der Waals surface area contributed by atoms with Crippen LogP contribution in [0.25, 0.3) is 0 Å². The van der Waals surface area contributed by atoms with Gasteiger partial charge in [0.05, 0.1) is 12.2 Å². The van der Waals surface area contributed by atoms with Gasteiger partial charge in [0.15, 0.2) is 5.96 Å². The monoisotopic (exact) mass is 272 g/mol. The Morgan fingerprint density at radius 3 is 2.90 bits per heavy atom. The third-order valence-electron chi connectivity index (χ3n) is 4.77. The number of hydrogen-bond donors (Lipinski definition) is 1. The topological polar surface area (TPSA) is 40.5 Å². The van der Waals surface area contributed by atoms with E-state index in [1.165, 1.54) is 38.6 Å². The molecule has 1 saturated heterocycles. The molecule has 2 aliphatic rings. The second-order valence-electron chi connectivity index (χ2n) is 6.10. The number of nitrogens with zero attached hydrogens (tertiary/aromatic N) is 3. The minimum absolute atomic E-state index is 0.586. The summed E-state index contributed by atoms with van der Waals surface area (Å²) in [4.78, 5) is 11.2. The highest BCUT2D eigenvalue weighted by molar-refractivity contribution is 5.80. The Morgan fingerprint density at radius 1 is 1.35 bits per heavy atom. The van der Waals surface area contributed by atoms with Crippen molar-refractivity contribution in [3.05, 3.63) is 30.1 Å². The van der Waals surface area contributed by atoms with E-state index in [-0.39, 0.29) is 0 Å². The standard InChI is InChI=1S/C16H24N4/c1-17-15(19-12-14-6-2-5-10-18-14)20-11-9-16(13-20)7-3-4-8-16/h2,5-6,10H,3-4,7-9,11-13H2,1H3,(H,17,19). The van der Waals surface area contributed by atoms with Crippen molar-refractivity contribution in [2.75, 3.05) is 20.1 Å². The van der Waals surface area contributed by atoms with Crippen LogP contribution < -0.4 is 5.32 Å². The fourth-order valence-electron chi connectivity index (χ4n) is 3.65. The van der Waals surface area contributed by atoms with Crippen LogP contribution in [-0.2, 0) is 6.54 Å². The second-order valence-corrected chi connectivity index (χ2v) is 6.10. The SMILES string of the molecule is CN=C(NCc1ccccn1)N1CCC2(CCCC2)C1. The summed E-state index contributed by atoms with van der Waals surface area (Å²) in [7, 11) is 1.88. The summed E-state index contributed by atoms with van der Waals surface area (Å²) in [6.07, 6.45) is 8.80.